The summed E-state index contributed by atoms with van der Waals surface area (Å²) in [6, 6.07) is 13.0. The highest BCUT2D eigenvalue weighted by Gasteiger charge is 2.28. The lowest BCUT2D eigenvalue weighted by atomic mass is 10.0. The average molecular weight is 445 g/mol. The van der Waals surface area contributed by atoms with Crippen LogP contribution in [0.1, 0.15) is 55.3 Å². The maximum Gasteiger partial charge on any atom is 0.243 e. The lowest BCUT2D eigenvalue weighted by Crippen LogP contribution is -2.28. The average Bonchev–Trinajstić information content (AvgIpc) is 3.32. The molecule has 3 rings (SSSR count). The van der Waals surface area contributed by atoms with E-state index < -0.39 is 10.0 Å². The standard InChI is InChI=1S/C24H32N2O4S/c1-4-22(19-9-7-18(2)8-10-19)25-24(27)14-11-20-17-21(12-13-23(20)30-3)31(28,29)26-15-5-6-16-26/h7-10,12-13,17,22H,4-6,11,14-16H2,1-3H3,(H,25,27)/t22-/m0/s1. The van der Waals surface area contributed by atoms with Crippen molar-refractivity contribution in [3.8, 4) is 5.75 Å². The van der Waals surface area contributed by atoms with Crippen molar-refractivity contribution in [3.63, 3.8) is 0 Å². The number of nitrogens with zero attached hydrogens (tertiary/aromatic N) is 1. The van der Waals surface area contributed by atoms with Gasteiger partial charge >= 0.3 is 0 Å². The van der Waals surface area contributed by atoms with Crippen LogP contribution in [0, 0.1) is 6.92 Å². The molecule has 1 amide bonds. The first-order chi connectivity index (χ1) is 14.8. The zero-order valence-electron chi connectivity index (χ0n) is 18.6. The van der Waals surface area contributed by atoms with E-state index in [1.807, 2.05) is 38.1 Å². The first kappa shape index (κ1) is 23.3. The van der Waals surface area contributed by atoms with Gasteiger partial charge in [0, 0.05) is 19.5 Å². The number of carbonyl (C=O) groups is 1. The lowest BCUT2D eigenvalue weighted by Gasteiger charge is -2.19. The molecule has 168 valence electrons. The van der Waals surface area contributed by atoms with Crippen LogP contribution in [0.4, 0.5) is 0 Å². The largest absolute Gasteiger partial charge is 0.496 e. The molecule has 0 radical (unpaired) electrons. The van der Waals surface area contributed by atoms with Crippen molar-refractivity contribution >= 4 is 15.9 Å². The van der Waals surface area contributed by atoms with Crippen LogP contribution in [-0.4, -0.2) is 38.8 Å². The second-order valence-electron chi connectivity index (χ2n) is 8.02. The number of methoxy groups -OCH3 is 1. The monoisotopic (exact) mass is 444 g/mol. The summed E-state index contributed by atoms with van der Waals surface area (Å²) in [5.74, 6) is 0.529. The van der Waals surface area contributed by atoms with E-state index in [0.29, 0.717) is 25.3 Å². The van der Waals surface area contributed by atoms with E-state index in [-0.39, 0.29) is 23.3 Å². The van der Waals surface area contributed by atoms with Crippen molar-refractivity contribution in [1.29, 1.82) is 0 Å². The smallest absolute Gasteiger partial charge is 0.243 e. The Morgan fingerprint density at radius 3 is 2.42 bits per heavy atom. The van der Waals surface area contributed by atoms with E-state index in [2.05, 4.69) is 5.32 Å². The topological polar surface area (TPSA) is 75.7 Å². The third-order valence-corrected chi connectivity index (χ3v) is 7.69. The van der Waals surface area contributed by atoms with Gasteiger partial charge in [0.2, 0.25) is 15.9 Å². The zero-order chi connectivity index (χ0) is 22.4. The first-order valence-electron chi connectivity index (χ1n) is 10.9. The Bertz CT molecular complexity index is 997. The van der Waals surface area contributed by atoms with Gasteiger partial charge in [-0.05, 0) is 61.9 Å². The number of benzene rings is 2. The van der Waals surface area contributed by atoms with Crippen LogP contribution in [0.15, 0.2) is 47.4 Å². The van der Waals surface area contributed by atoms with E-state index in [9.17, 15) is 13.2 Å². The minimum Gasteiger partial charge on any atom is -0.496 e. The molecular formula is C24H32N2O4S. The van der Waals surface area contributed by atoms with Gasteiger partial charge in [0.1, 0.15) is 5.75 Å². The van der Waals surface area contributed by atoms with Crippen molar-refractivity contribution in [2.45, 2.75) is 56.9 Å². The number of nitrogens with one attached hydrogen (secondary N) is 1. The number of carbonyl (C=O) groups excluding carboxylic acids is 1. The molecule has 0 aromatic heterocycles. The number of ether oxygens (including phenoxy) is 1. The molecule has 0 saturated carbocycles. The normalized spacial score (nSPS) is 15.6. The van der Waals surface area contributed by atoms with E-state index in [0.717, 1.165) is 30.4 Å². The Morgan fingerprint density at radius 2 is 1.81 bits per heavy atom. The number of aryl methyl sites for hydroxylation is 2. The molecule has 0 spiro atoms. The molecule has 1 N–H and O–H groups in total. The number of rotatable bonds is 9. The second-order valence-corrected chi connectivity index (χ2v) is 9.96. The molecule has 1 fully saturated rings. The fourth-order valence-corrected chi connectivity index (χ4v) is 5.49. The molecule has 1 aliphatic heterocycles. The highest BCUT2D eigenvalue weighted by atomic mass is 32.2. The number of hydrogen-bond donors (Lipinski definition) is 1. The van der Waals surface area contributed by atoms with E-state index in [4.69, 9.17) is 4.74 Å². The quantitative estimate of drug-likeness (QED) is 0.635. The predicted octanol–water partition coefficient (Wildman–Crippen LogP) is 3.99. The minimum absolute atomic E-state index is 0.0446. The maximum absolute atomic E-state index is 12.9. The van der Waals surface area contributed by atoms with Gasteiger partial charge in [-0.15, -0.1) is 0 Å². The molecule has 1 aliphatic rings. The molecule has 2 aromatic carbocycles. The Kier molecular flexibility index (Phi) is 7.73. The van der Waals surface area contributed by atoms with E-state index >= 15 is 0 Å². The van der Waals surface area contributed by atoms with E-state index in [1.54, 1.807) is 25.3 Å². The highest BCUT2D eigenvalue weighted by molar-refractivity contribution is 7.89. The van der Waals surface area contributed by atoms with Gasteiger partial charge in [0.15, 0.2) is 0 Å². The lowest BCUT2D eigenvalue weighted by molar-refractivity contribution is -0.121. The summed E-state index contributed by atoms with van der Waals surface area (Å²) >= 11 is 0. The Balaban J connectivity index is 1.69. The summed E-state index contributed by atoms with van der Waals surface area (Å²) < 4.78 is 32.7. The Hall–Kier alpha value is -2.38. The summed E-state index contributed by atoms with van der Waals surface area (Å²) in [4.78, 5) is 12.9. The van der Waals surface area contributed by atoms with Gasteiger partial charge < -0.3 is 10.1 Å². The van der Waals surface area contributed by atoms with Gasteiger partial charge in [0.05, 0.1) is 18.0 Å². The number of amides is 1. The van der Waals surface area contributed by atoms with Crippen LogP contribution in [0.2, 0.25) is 0 Å². The van der Waals surface area contributed by atoms with Gasteiger partial charge in [-0.1, -0.05) is 36.8 Å². The first-order valence-corrected chi connectivity index (χ1v) is 12.3. The Morgan fingerprint density at radius 1 is 1.13 bits per heavy atom. The molecule has 1 saturated heterocycles. The fraction of sp³-hybridized carbons (Fsp3) is 0.458. The molecular weight excluding hydrogens is 412 g/mol. The molecule has 7 heteroatoms. The predicted molar refractivity (Wildman–Crippen MR) is 122 cm³/mol. The van der Waals surface area contributed by atoms with E-state index in [1.165, 1.54) is 9.87 Å². The molecule has 0 bridgehead atoms. The van der Waals surface area contributed by atoms with Gasteiger partial charge in [-0.2, -0.15) is 4.31 Å². The summed E-state index contributed by atoms with van der Waals surface area (Å²) in [7, 11) is -1.96. The van der Waals surface area contributed by atoms with Crippen molar-refractivity contribution < 1.29 is 17.9 Å². The van der Waals surface area contributed by atoms with Crippen LogP contribution >= 0.6 is 0 Å². The number of sulfonamides is 1. The van der Waals surface area contributed by atoms with Crippen LogP contribution in [0.5, 0.6) is 5.75 Å². The molecule has 31 heavy (non-hydrogen) atoms. The number of hydrogen-bond acceptors (Lipinski definition) is 4. The van der Waals surface area contributed by atoms with Crippen molar-refractivity contribution in [2.75, 3.05) is 20.2 Å². The SMILES string of the molecule is CC[C@H](NC(=O)CCc1cc(S(=O)(=O)N2CCCC2)ccc1OC)c1ccc(C)cc1. The third-order valence-electron chi connectivity index (χ3n) is 5.80. The van der Waals surface area contributed by atoms with Crippen LogP contribution in [0.25, 0.3) is 0 Å². The summed E-state index contributed by atoms with van der Waals surface area (Å²) in [5, 5.41) is 3.09. The van der Waals surface area contributed by atoms with Crippen molar-refractivity contribution in [1.82, 2.24) is 9.62 Å². The van der Waals surface area contributed by atoms with Crippen molar-refractivity contribution in [2.24, 2.45) is 0 Å². The minimum atomic E-state index is -3.51. The molecule has 0 unspecified atom stereocenters. The molecule has 6 nitrogen and oxygen atoms in total. The van der Waals surface area contributed by atoms with Crippen LogP contribution < -0.4 is 10.1 Å². The zero-order valence-corrected chi connectivity index (χ0v) is 19.4. The molecule has 1 atom stereocenters. The summed E-state index contributed by atoms with van der Waals surface area (Å²) in [6.45, 7) is 5.20. The molecule has 1 heterocycles. The van der Waals surface area contributed by atoms with Gasteiger partial charge in [-0.25, -0.2) is 8.42 Å². The highest BCUT2D eigenvalue weighted by Crippen LogP contribution is 2.27. The fourth-order valence-electron chi connectivity index (χ4n) is 3.92. The Labute approximate surface area is 185 Å². The van der Waals surface area contributed by atoms with Crippen LogP contribution in [-0.2, 0) is 21.2 Å². The molecule has 2 aromatic rings. The molecule has 0 aliphatic carbocycles. The third kappa shape index (κ3) is 5.66. The van der Waals surface area contributed by atoms with Gasteiger partial charge in [0.25, 0.3) is 0 Å². The maximum atomic E-state index is 12.9. The summed E-state index contributed by atoms with van der Waals surface area (Å²) in [6.07, 6.45) is 3.24. The van der Waals surface area contributed by atoms with Crippen molar-refractivity contribution in [3.05, 3.63) is 59.2 Å². The summed E-state index contributed by atoms with van der Waals surface area (Å²) in [5.41, 5.74) is 2.99. The van der Waals surface area contributed by atoms with Gasteiger partial charge in [-0.3, -0.25) is 4.79 Å². The van der Waals surface area contributed by atoms with Crippen LogP contribution in [0.3, 0.4) is 0 Å². The second kappa shape index (κ2) is 10.3.